The number of fused-ring (bicyclic) bond motifs is 1. The Balaban J connectivity index is 1.99. The van der Waals surface area contributed by atoms with Crippen molar-refractivity contribution < 1.29 is 27.9 Å². The average molecular weight is 311 g/mol. The van der Waals surface area contributed by atoms with Crippen LogP contribution < -0.4 is 0 Å². The second-order valence-electron chi connectivity index (χ2n) is 4.99. The highest BCUT2D eigenvalue weighted by Crippen LogP contribution is 2.32. The monoisotopic (exact) mass is 311 g/mol. The van der Waals surface area contributed by atoms with Crippen LogP contribution in [-0.4, -0.2) is 49.0 Å². The summed E-state index contributed by atoms with van der Waals surface area (Å²) in [4.78, 5) is 22.9. The Morgan fingerprint density at radius 2 is 2.19 bits per heavy atom. The first kappa shape index (κ1) is 14.0. The van der Waals surface area contributed by atoms with Crippen molar-refractivity contribution in [1.82, 2.24) is 4.31 Å². The number of carbonyl (C=O) groups excluding carboxylic acids is 1. The van der Waals surface area contributed by atoms with Crippen molar-refractivity contribution in [3.05, 3.63) is 29.3 Å². The second-order valence-corrected chi connectivity index (χ2v) is 6.82. The normalized spacial score (nSPS) is 23.3. The minimum atomic E-state index is -4.00. The van der Waals surface area contributed by atoms with E-state index in [2.05, 4.69) is 0 Å². The number of nitrogens with zero attached hydrogens (tertiary/aromatic N) is 1. The predicted octanol–water partition coefficient (Wildman–Crippen LogP) is 0.708. The molecule has 1 aromatic rings. The number of rotatable bonds is 3. The van der Waals surface area contributed by atoms with Gasteiger partial charge in [-0.05, 0) is 31.0 Å². The van der Waals surface area contributed by atoms with Gasteiger partial charge in [0.05, 0.1) is 23.8 Å². The van der Waals surface area contributed by atoms with Crippen molar-refractivity contribution in [2.45, 2.75) is 23.8 Å². The highest BCUT2D eigenvalue weighted by atomic mass is 32.2. The molecule has 1 aromatic carbocycles. The van der Waals surface area contributed by atoms with Crippen molar-refractivity contribution in [3.63, 3.8) is 0 Å². The van der Waals surface area contributed by atoms with Gasteiger partial charge in [0.1, 0.15) is 4.90 Å². The number of carboxylic acids is 1. The van der Waals surface area contributed by atoms with Gasteiger partial charge in [-0.3, -0.25) is 4.79 Å². The van der Waals surface area contributed by atoms with E-state index in [-0.39, 0.29) is 28.7 Å². The van der Waals surface area contributed by atoms with Crippen LogP contribution in [0.5, 0.6) is 0 Å². The zero-order valence-electron chi connectivity index (χ0n) is 11.0. The molecule has 0 radical (unpaired) electrons. The van der Waals surface area contributed by atoms with E-state index in [9.17, 15) is 18.0 Å². The molecular weight excluding hydrogens is 298 g/mol. The maximum absolute atomic E-state index is 12.4. The molecule has 0 aromatic heterocycles. The van der Waals surface area contributed by atoms with E-state index < -0.39 is 21.9 Å². The van der Waals surface area contributed by atoms with E-state index in [1.807, 2.05) is 0 Å². The van der Waals surface area contributed by atoms with E-state index in [1.54, 1.807) is 0 Å². The Morgan fingerprint density at radius 1 is 1.43 bits per heavy atom. The number of ether oxygens (including phenoxy) is 1. The standard InChI is InChI=1S/C13H13NO6S/c15-12-10-4-3-8(13(16)17)6-11(10)21(18,19)14(12)7-9-2-1-5-20-9/h3-4,6,9H,1-2,5,7H2,(H,16,17)/t9-/m1/s1. The summed E-state index contributed by atoms with van der Waals surface area (Å²) in [5.41, 5.74) is -0.151. The molecule has 1 amide bonds. The molecule has 1 fully saturated rings. The Labute approximate surface area is 121 Å². The van der Waals surface area contributed by atoms with E-state index in [1.165, 1.54) is 12.1 Å². The lowest BCUT2D eigenvalue weighted by molar-refractivity contribution is 0.0692. The number of hydrogen-bond donors (Lipinski definition) is 1. The van der Waals surface area contributed by atoms with Crippen LogP contribution in [0.4, 0.5) is 0 Å². The summed E-state index contributed by atoms with van der Waals surface area (Å²) in [6.45, 7) is 0.529. The van der Waals surface area contributed by atoms with Crippen LogP contribution in [0.25, 0.3) is 0 Å². The lowest BCUT2D eigenvalue weighted by Gasteiger charge is -2.18. The number of benzene rings is 1. The van der Waals surface area contributed by atoms with Crippen LogP contribution in [-0.2, 0) is 14.8 Å². The van der Waals surface area contributed by atoms with Gasteiger partial charge in [0.25, 0.3) is 15.9 Å². The van der Waals surface area contributed by atoms with E-state index in [4.69, 9.17) is 9.84 Å². The Morgan fingerprint density at radius 3 is 2.81 bits per heavy atom. The van der Waals surface area contributed by atoms with Crippen molar-refractivity contribution in [1.29, 1.82) is 0 Å². The van der Waals surface area contributed by atoms with Gasteiger partial charge in [-0.15, -0.1) is 0 Å². The summed E-state index contributed by atoms with van der Waals surface area (Å²) in [5, 5.41) is 8.93. The summed E-state index contributed by atoms with van der Waals surface area (Å²) < 4.78 is 31.0. The zero-order chi connectivity index (χ0) is 15.2. The van der Waals surface area contributed by atoms with E-state index in [0.29, 0.717) is 13.0 Å². The predicted molar refractivity (Wildman–Crippen MR) is 70.6 cm³/mol. The molecule has 0 bridgehead atoms. The van der Waals surface area contributed by atoms with Crippen LogP contribution in [0.1, 0.15) is 33.6 Å². The largest absolute Gasteiger partial charge is 0.478 e. The lowest BCUT2D eigenvalue weighted by Crippen LogP contribution is -2.36. The van der Waals surface area contributed by atoms with Crippen LogP contribution in [0, 0.1) is 0 Å². The first-order chi connectivity index (χ1) is 9.91. The van der Waals surface area contributed by atoms with Crippen molar-refractivity contribution in [2.24, 2.45) is 0 Å². The highest BCUT2D eigenvalue weighted by Gasteiger charge is 2.42. The molecule has 2 aliphatic rings. The molecule has 1 N–H and O–H groups in total. The van der Waals surface area contributed by atoms with Gasteiger partial charge < -0.3 is 9.84 Å². The highest BCUT2D eigenvalue weighted by molar-refractivity contribution is 7.90. The van der Waals surface area contributed by atoms with Gasteiger partial charge in [-0.25, -0.2) is 17.5 Å². The van der Waals surface area contributed by atoms with Crippen LogP contribution in [0.3, 0.4) is 0 Å². The molecule has 3 rings (SSSR count). The summed E-state index contributed by atoms with van der Waals surface area (Å²) in [7, 11) is -4.00. The molecule has 0 aliphatic carbocycles. The molecule has 1 saturated heterocycles. The minimum absolute atomic E-state index is 0.0120. The third kappa shape index (κ3) is 2.20. The molecule has 21 heavy (non-hydrogen) atoms. The number of carbonyl (C=O) groups is 2. The Bertz CT molecular complexity index is 720. The molecular formula is C13H13NO6S. The number of amides is 1. The van der Waals surface area contributed by atoms with E-state index in [0.717, 1.165) is 16.8 Å². The molecule has 2 heterocycles. The van der Waals surface area contributed by atoms with Gasteiger partial charge in [-0.1, -0.05) is 0 Å². The SMILES string of the molecule is O=C(O)c1ccc2c(c1)S(=O)(=O)N(C[C@H]1CCCO1)C2=O. The van der Waals surface area contributed by atoms with Gasteiger partial charge in [-0.2, -0.15) is 0 Å². The quantitative estimate of drug-likeness (QED) is 0.882. The number of aromatic carboxylic acids is 1. The smallest absolute Gasteiger partial charge is 0.335 e. The maximum Gasteiger partial charge on any atom is 0.335 e. The average Bonchev–Trinajstić information content (AvgIpc) is 3.01. The minimum Gasteiger partial charge on any atom is -0.478 e. The molecule has 112 valence electrons. The van der Waals surface area contributed by atoms with Gasteiger partial charge in [0.2, 0.25) is 0 Å². The fourth-order valence-corrected chi connectivity index (χ4v) is 4.19. The summed E-state index contributed by atoms with van der Waals surface area (Å²) in [5.74, 6) is -1.87. The summed E-state index contributed by atoms with van der Waals surface area (Å²) >= 11 is 0. The van der Waals surface area contributed by atoms with Crippen LogP contribution >= 0.6 is 0 Å². The number of sulfonamides is 1. The lowest BCUT2D eigenvalue weighted by atomic mass is 10.1. The molecule has 7 nitrogen and oxygen atoms in total. The van der Waals surface area contributed by atoms with Gasteiger partial charge in [0.15, 0.2) is 0 Å². The molecule has 0 spiro atoms. The Hall–Kier alpha value is -1.93. The van der Waals surface area contributed by atoms with Gasteiger partial charge >= 0.3 is 5.97 Å². The van der Waals surface area contributed by atoms with E-state index >= 15 is 0 Å². The van der Waals surface area contributed by atoms with Crippen molar-refractivity contribution >= 4 is 21.9 Å². The van der Waals surface area contributed by atoms with Crippen LogP contribution in [0.15, 0.2) is 23.1 Å². The molecule has 1 atom stereocenters. The third-order valence-electron chi connectivity index (χ3n) is 3.65. The third-order valence-corrected chi connectivity index (χ3v) is 5.44. The fraction of sp³-hybridized carbons (Fsp3) is 0.385. The Kier molecular flexibility index (Phi) is 3.22. The first-order valence-corrected chi connectivity index (χ1v) is 7.91. The van der Waals surface area contributed by atoms with Crippen molar-refractivity contribution in [3.8, 4) is 0 Å². The first-order valence-electron chi connectivity index (χ1n) is 6.47. The summed E-state index contributed by atoms with van der Waals surface area (Å²) in [6.07, 6.45) is 1.25. The molecule has 0 unspecified atom stereocenters. The molecule has 8 heteroatoms. The van der Waals surface area contributed by atoms with Crippen molar-refractivity contribution in [2.75, 3.05) is 13.2 Å². The zero-order valence-corrected chi connectivity index (χ0v) is 11.8. The second kappa shape index (κ2) is 4.81. The van der Waals surface area contributed by atoms with Gasteiger partial charge in [0, 0.05) is 6.61 Å². The van der Waals surface area contributed by atoms with Crippen LogP contribution in [0.2, 0.25) is 0 Å². The fourth-order valence-electron chi connectivity index (χ4n) is 2.56. The maximum atomic E-state index is 12.4. The molecule has 0 saturated carbocycles. The number of hydrogen-bond acceptors (Lipinski definition) is 5. The topological polar surface area (TPSA) is 101 Å². The summed E-state index contributed by atoms with van der Waals surface area (Å²) in [6, 6.07) is 3.50. The number of carboxylic acid groups (broad SMARTS) is 1. The molecule has 2 aliphatic heterocycles.